The van der Waals surface area contributed by atoms with E-state index in [4.69, 9.17) is 11.6 Å². The Kier molecular flexibility index (Phi) is 3.04. The first-order valence-corrected chi connectivity index (χ1v) is 5.73. The standard InChI is InChI=1S/C9H11BrClN3/c10-9(3-4-9)6-12-5-7-1-2-8(11)14-13-7/h1-2,12H,3-6H2. The summed E-state index contributed by atoms with van der Waals surface area (Å²) in [7, 11) is 0. The summed E-state index contributed by atoms with van der Waals surface area (Å²) in [5.41, 5.74) is 0.922. The van der Waals surface area contributed by atoms with Crippen LogP contribution < -0.4 is 5.32 Å². The van der Waals surface area contributed by atoms with Gasteiger partial charge in [-0.1, -0.05) is 27.5 Å². The molecule has 0 aliphatic heterocycles. The van der Waals surface area contributed by atoms with Crippen LogP contribution in [0.1, 0.15) is 18.5 Å². The normalized spacial score (nSPS) is 18.1. The minimum absolute atomic E-state index is 0.354. The van der Waals surface area contributed by atoms with E-state index < -0.39 is 0 Å². The van der Waals surface area contributed by atoms with Crippen LogP contribution in [0, 0.1) is 0 Å². The van der Waals surface area contributed by atoms with Crippen LogP contribution in [-0.4, -0.2) is 21.1 Å². The van der Waals surface area contributed by atoms with Gasteiger partial charge in [0.15, 0.2) is 5.15 Å². The fraction of sp³-hybridized carbons (Fsp3) is 0.556. The second kappa shape index (κ2) is 4.13. The minimum Gasteiger partial charge on any atom is -0.310 e. The number of nitrogens with zero attached hydrogens (tertiary/aromatic N) is 2. The highest BCUT2D eigenvalue weighted by molar-refractivity contribution is 9.10. The molecule has 0 aromatic carbocycles. The second-order valence-electron chi connectivity index (χ2n) is 3.60. The molecule has 0 saturated heterocycles. The third kappa shape index (κ3) is 2.90. The summed E-state index contributed by atoms with van der Waals surface area (Å²) in [6.45, 7) is 1.73. The fourth-order valence-electron chi connectivity index (χ4n) is 1.16. The molecule has 0 unspecified atom stereocenters. The maximum atomic E-state index is 5.63. The number of hydrogen-bond donors (Lipinski definition) is 1. The van der Waals surface area contributed by atoms with Crippen molar-refractivity contribution >= 4 is 27.5 Å². The molecule has 1 saturated carbocycles. The van der Waals surface area contributed by atoms with Gasteiger partial charge in [-0.05, 0) is 25.0 Å². The van der Waals surface area contributed by atoms with Crippen LogP contribution in [0.25, 0.3) is 0 Å². The van der Waals surface area contributed by atoms with Crippen molar-refractivity contribution in [1.82, 2.24) is 15.5 Å². The first kappa shape index (κ1) is 10.3. The summed E-state index contributed by atoms with van der Waals surface area (Å²) in [6, 6.07) is 3.64. The van der Waals surface area contributed by atoms with Crippen LogP contribution in [0.5, 0.6) is 0 Å². The van der Waals surface area contributed by atoms with E-state index in [-0.39, 0.29) is 0 Å². The monoisotopic (exact) mass is 275 g/mol. The highest BCUT2D eigenvalue weighted by Crippen LogP contribution is 2.43. The zero-order valence-electron chi connectivity index (χ0n) is 7.63. The molecule has 3 nitrogen and oxygen atoms in total. The topological polar surface area (TPSA) is 37.8 Å². The Labute approximate surface area is 96.4 Å². The summed E-state index contributed by atoms with van der Waals surface area (Å²) in [6.07, 6.45) is 2.51. The summed E-state index contributed by atoms with van der Waals surface area (Å²) in [5.74, 6) is 0. The Balaban J connectivity index is 1.77. The molecule has 76 valence electrons. The number of hydrogen-bond acceptors (Lipinski definition) is 3. The lowest BCUT2D eigenvalue weighted by molar-refractivity contribution is 0.650. The van der Waals surface area contributed by atoms with Crippen LogP contribution in [0.4, 0.5) is 0 Å². The predicted molar refractivity (Wildman–Crippen MR) is 59.6 cm³/mol. The minimum atomic E-state index is 0.354. The first-order chi connectivity index (χ1) is 6.68. The maximum absolute atomic E-state index is 5.63. The molecule has 1 aromatic heterocycles. The molecular weight excluding hydrogens is 265 g/mol. The van der Waals surface area contributed by atoms with Crippen LogP contribution in [-0.2, 0) is 6.54 Å². The molecule has 1 heterocycles. The molecule has 2 rings (SSSR count). The lowest BCUT2D eigenvalue weighted by Gasteiger charge is -2.07. The van der Waals surface area contributed by atoms with Crippen LogP contribution in [0.3, 0.4) is 0 Å². The van der Waals surface area contributed by atoms with Crippen molar-refractivity contribution in [2.75, 3.05) is 6.54 Å². The Hall–Kier alpha value is -0.190. The molecule has 1 aromatic rings. The van der Waals surface area contributed by atoms with Gasteiger partial charge in [0.2, 0.25) is 0 Å². The third-order valence-corrected chi connectivity index (χ3v) is 3.50. The maximum Gasteiger partial charge on any atom is 0.151 e. The summed E-state index contributed by atoms with van der Waals surface area (Å²) >= 11 is 9.28. The lowest BCUT2D eigenvalue weighted by Crippen LogP contribution is -2.24. The van der Waals surface area contributed by atoms with Crippen LogP contribution in [0.15, 0.2) is 12.1 Å². The Morgan fingerprint density at radius 2 is 2.21 bits per heavy atom. The van der Waals surface area contributed by atoms with Gasteiger partial charge in [-0.3, -0.25) is 0 Å². The first-order valence-electron chi connectivity index (χ1n) is 4.56. The van der Waals surface area contributed by atoms with E-state index in [1.807, 2.05) is 6.07 Å². The zero-order valence-corrected chi connectivity index (χ0v) is 9.98. The van der Waals surface area contributed by atoms with Gasteiger partial charge in [-0.2, -0.15) is 5.10 Å². The average molecular weight is 277 g/mol. The van der Waals surface area contributed by atoms with E-state index in [1.54, 1.807) is 6.07 Å². The largest absolute Gasteiger partial charge is 0.310 e. The number of aromatic nitrogens is 2. The van der Waals surface area contributed by atoms with Gasteiger partial charge in [-0.15, -0.1) is 5.10 Å². The molecule has 0 atom stereocenters. The van der Waals surface area contributed by atoms with Gasteiger partial charge in [0, 0.05) is 17.4 Å². The fourth-order valence-corrected chi connectivity index (χ4v) is 1.66. The molecule has 0 bridgehead atoms. The third-order valence-electron chi connectivity index (χ3n) is 2.23. The van der Waals surface area contributed by atoms with E-state index in [0.29, 0.717) is 9.48 Å². The van der Waals surface area contributed by atoms with Gasteiger partial charge in [0.25, 0.3) is 0 Å². The van der Waals surface area contributed by atoms with Gasteiger partial charge in [-0.25, -0.2) is 0 Å². The van der Waals surface area contributed by atoms with E-state index in [9.17, 15) is 0 Å². The van der Waals surface area contributed by atoms with Crippen molar-refractivity contribution in [3.8, 4) is 0 Å². The summed E-state index contributed by atoms with van der Waals surface area (Å²) < 4.78 is 0.354. The predicted octanol–water partition coefficient (Wildman–Crippen LogP) is 2.15. The number of rotatable bonds is 4. The van der Waals surface area contributed by atoms with Crippen molar-refractivity contribution in [2.24, 2.45) is 0 Å². The van der Waals surface area contributed by atoms with Gasteiger partial charge in [0.1, 0.15) is 0 Å². The SMILES string of the molecule is Clc1ccc(CNCC2(Br)CC2)nn1. The van der Waals surface area contributed by atoms with Gasteiger partial charge < -0.3 is 5.32 Å². The number of alkyl halides is 1. The Morgan fingerprint density at radius 3 is 2.79 bits per heavy atom. The quantitative estimate of drug-likeness (QED) is 0.856. The highest BCUT2D eigenvalue weighted by atomic mass is 79.9. The summed E-state index contributed by atoms with van der Waals surface area (Å²) in [4.78, 5) is 0. The van der Waals surface area contributed by atoms with Crippen molar-refractivity contribution in [1.29, 1.82) is 0 Å². The van der Waals surface area contributed by atoms with Crippen molar-refractivity contribution in [3.63, 3.8) is 0 Å². The molecule has 1 fully saturated rings. The summed E-state index contributed by atoms with van der Waals surface area (Å²) in [5, 5.41) is 11.5. The van der Waals surface area contributed by atoms with Crippen LogP contribution in [0.2, 0.25) is 5.15 Å². The van der Waals surface area contributed by atoms with Gasteiger partial charge >= 0.3 is 0 Å². The van der Waals surface area contributed by atoms with E-state index in [0.717, 1.165) is 18.8 Å². The van der Waals surface area contributed by atoms with E-state index in [2.05, 4.69) is 31.4 Å². The molecule has 14 heavy (non-hydrogen) atoms. The molecule has 0 radical (unpaired) electrons. The smallest absolute Gasteiger partial charge is 0.151 e. The molecule has 0 amide bonds. The van der Waals surface area contributed by atoms with E-state index in [1.165, 1.54) is 12.8 Å². The molecule has 1 aliphatic carbocycles. The molecular formula is C9H11BrClN3. The molecule has 5 heteroatoms. The van der Waals surface area contributed by atoms with Crippen LogP contribution >= 0.6 is 27.5 Å². The van der Waals surface area contributed by atoms with Crippen molar-refractivity contribution in [2.45, 2.75) is 23.7 Å². The Bertz CT molecular complexity index is 310. The van der Waals surface area contributed by atoms with Gasteiger partial charge in [0.05, 0.1) is 5.69 Å². The molecule has 1 N–H and O–H groups in total. The van der Waals surface area contributed by atoms with Crippen molar-refractivity contribution in [3.05, 3.63) is 23.0 Å². The second-order valence-corrected chi connectivity index (χ2v) is 5.67. The lowest BCUT2D eigenvalue weighted by atomic mass is 10.3. The average Bonchev–Trinajstić information content (AvgIpc) is 2.88. The molecule has 1 aliphatic rings. The molecule has 0 spiro atoms. The van der Waals surface area contributed by atoms with Crippen molar-refractivity contribution < 1.29 is 0 Å². The number of nitrogens with one attached hydrogen (secondary N) is 1. The van der Waals surface area contributed by atoms with E-state index >= 15 is 0 Å². The highest BCUT2D eigenvalue weighted by Gasteiger charge is 2.38. The zero-order chi connectivity index (χ0) is 10.0. The Morgan fingerprint density at radius 1 is 1.43 bits per heavy atom. The number of halogens is 2.